The zero-order valence-corrected chi connectivity index (χ0v) is 63.2. The lowest BCUT2D eigenvalue weighted by Gasteiger charge is -2.32. The second-order valence-electron chi connectivity index (χ2n) is 26.6. The highest BCUT2D eigenvalue weighted by Crippen LogP contribution is 2.39. The Bertz CT molecular complexity index is 5470. The highest BCUT2D eigenvalue weighted by atomic mass is 35.5. The van der Waals surface area contributed by atoms with Crippen molar-refractivity contribution in [1.29, 1.82) is 0 Å². The molecule has 0 aliphatic carbocycles. The summed E-state index contributed by atoms with van der Waals surface area (Å²) in [6.45, 7) is 6.39. The van der Waals surface area contributed by atoms with Gasteiger partial charge in [0.05, 0.1) is 16.3 Å². The van der Waals surface area contributed by atoms with Crippen LogP contribution in [0.3, 0.4) is 0 Å². The average Bonchev–Trinajstić information content (AvgIpc) is 1.70. The van der Waals surface area contributed by atoms with Crippen LogP contribution in [-0.2, 0) is 45.4 Å². The van der Waals surface area contributed by atoms with Crippen LogP contribution in [0.15, 0.2) is 128 Å². The number of sulfonamides is 1. The van der Waals surface area contributed by atoms with Gasteiger partial charge in [-0.15, -0.1) is 0 Å². The number of carbonyl (C=O) groups excluding carboxylic acids is 1. The Balaban J connectivity index is 0.000000131. The maximum Gasteiger partial charge on any atom is 0.281 e. The van der Waals surface area contributed by atoms with Crippen LogP contribution in [-0.4, -0.2) is 195 Å². The first-order valence-electron chi connectivity index (χ1n) is 33.8. The van der Waals surface area contributed by atoms with Gasteiger partial charge >= 0.3 is 0 Å². The Labute approximate surface area is 616 Å². The third-order valence-electron chi connectivity index (χ3n) is 19.7. The van der Waals surface area contributed by atoms with E-state index in [9.17, 15) is 60.4 Å². The molecule has 0 saturated carbocycles. The number of halogens is 7. The van der Waals surface area contributed by atoms with E-state index in [-0.39, 0.29) is 39.3 Å². The van der Waals surface area contributed by atoms with Gasteiger partial charge in [-0.2, -0.15) is 51.1 Å². The number of amides is 1. The molecular weight excluding hydrogens is 1490 g/mol. The third-order valence-corrected chi connectivity index (χ3v) is 26.5. The van der Waals surface area contributed by atoms with E-state index in [1.807, 2.05) is 49.2 Å². The van der Waals surface area contributed by atoms with Crippen LogP contribution in [0, 0.1) is 29.1 Å². The number of aromatic nitrogens is 5. The van der Waals surface area contributed by atoms with Gasteiger partial charge in [-0.05, 0) is 163 Å². The molecule has 562 valence electrons. The SMILES string of the molecule is CC(=O)N1CC=C(c2c[nH]c3cc(F)c(Cl)cc23)CC1.CN(C)S(=O)(=O)N1CC=C(c2c[nH]c3cc(F)ccc23)CC1.CN(C)S(=O)(=O)N1CCC(c2c[nH]c3cc(F)ccc23)CC1.CS(=O)(=O)N1CC=C(c2c[nH]c3cc(F)c(Cl)cc23)CC1.NS(=O)(=O)N1CCC(c2c[nH]c3cc(F)ccc23)CC1. The van der Waals surface area contributed by atoms with Crippen LogP contribution in [0.2, 0.25) is 10.0 Å². The van der Waals surface area contributed by atoms with E-state index in [1.54, 1.807) is 56.3 Å². The summed E-state index contributed by atoms with van der Waals surface area (Å²) in [5.74, 6) is -1.03. The van der Waals surface area contributed by atoms with Crippen molar-refractivity contribution in [3.63, 3.8) is 0 Å². The molecule has 0 bridgehead atoms. The van der Waals surface area contributed by atoms with Crippen molar-refractivity contribution in [3.8, 4) is 0 Å². The normalized spacial score (nSPS) is 17.4. The third kappa shape index (κ3) is 17.9. The number of fused-ring (bicyclic) bond motifs is 5. The number of carbonyl (C=O) groups is 1. The highest BCUT2D eigenvalue weighted by Gasteiger charge is 2.33. The molecule has 0 atom stereocenters. The second kappa shape index (κ2) is 32.4. The van der Waals surface area contributed by atoms with Crippen molar-refractivity contribution >= 4 is 141 Å². The lowest BCUT2D eigenvalue weighted by atomic mass is 9.90. The van der Waals surface area contributed by atoms with E-state index in [4.69, 9.17) is 28.3 Å². The van der Waals surface area contributed by atoms with Gasteiger partial charge in [0.15, 0.2) is 0 Å². The summed E-state index contributed by atoms with van der Waals surface area (Å²) in [6.07, 6.45) is 21.5. The maximum absolute atomic E-state index is 13.4. The van der Waals surface area contributed by atoms with Crippen molar-refractivity contribution in [1.82, 2.24) is 55.7 Å². The van der Waals surface area contributed by atoms with Crippen molar-refractivity contribution in [2.75, 3.05) is 99.9 Å². The Kier molecular flexibility index (Phi) is 24.1. The number of rotatable bonds is 11. The van der Waals surface area contributed by atoms with Crippen LogP contribution in [0.5, 0.6) is 0 Å². The molecule has 10 heterocycles. The Hall–Kier alpha value is -7.76. The fourth-order valence-electron chi connectivity index (χ4n) is 13.8. The number of nitrogens with two attached hydrogens (primary N) is 1. The van der Waals surface area contributed by atoms with Crippen molar-refractivity contribution in [3.05, 3.63) is 195 Å². The molecule has 7 N–H and O–H groups in total. The number of hydrogen-bond donors (Lipinski definition) is 6. The lowest BCUT2D eigenvalue weighted by Crippen LogP contribution is -2.44. The van der Waals surface area contributed by atoms with E-state index in [1.165, 1.54) is 94.7 Å². The zero-order valence-electron chi connectivity index (χ0n) is 58.5. The molecule has 105 heavy (non-hydrogen) atoms. The summed E-state index contributed by atoms with van der Waals surface area (Å²) >= 11 is 11.7. The minimum Gasteiger partial charge on any atom is -0.361 e. The number of piperidine rings is 2. The van der Waals surface area contributed by atoms with E-state index in [0.29, 0.717) is 89.7 Å². The van der Waals surface area contributed by atoms with Gasteiger partial charge in [0, 0.05) is 203 Å². The van der Waals surface area contributed by atoms with Crippen molar-refractivity contribution in [2.24, 2.45) is 5.14 Å². The number of benzene rings is 5. The molecule has 0 unspecified atom stereocenters. The maximum atomic E-state index is 13.4. The smallest absolute Gasteiger partial charge is 0.281 e. The van der Waals surface area contributed by atoms with Crippen LogP contribution in [0.1, 0.15) is 91.5 Å². The fourth-order valence-corrected chi connectivity index (χ4v) is 17.8. The summed E-state index contributed by atoms with van der Waals surface area (Å²) in [5.41, 5.74) is 12.3. The second-order valence-corrected chi connectivity index (χ2v) is 35.3. The molecule has 15 rings (SSSR count). The predicted molar refractivity (Wildman–Crippen MR) is 405 cm³/mol. The topological polar surface area (TPSA) is 281 Å². The fraction of sp³-hybridized carbons (Fsp3) is 0.347. The van der Waals surface area contributed by atoms with Crippen molar-refractivity contribution < 1.29 is 60.4 Å². The number of nitrogens with zero attached hydrogens (tertiary/aromatic N) is 7. The van der Waals surface area contributed by atoms with Gasteiger partial charge < -0.3 is 29.8 Å². The molecule has 22 nitrogen and oxygen atoms in total. The molecule has 10 aromatic rings. The summed E-state index contributed by atoms with van der Waals surface area (Å²) in [4.78, 5) is 28.4. The van der Waals surface area contributed by atoms with Gasteiger partial charge in [-0.25, -0.2) is 35.5 Å². The average molecular weight is 1570 g/mol. The minimum absolute atomic E-state index is 0.0810. The highest BCUT2D eigenvalue weighted by molar-refractivity contribution is 7.88. The molecule has 5 aromatic heterocycles. The molecule has 2 saturated heterocycles. The van der Waals surface area contributed by atoms with Crippen molar-refractivity contribution in [2.45, 2.75) is 63.7 Å². The molecule has 5 aliphatic heterocycles. The van der Waals surface area contributed by atoms with E-state index < -0.39 is 52.3 Å². The number of nitrogens with one attached hydrogen (secondary N) is 5. The first-order valence-corrected chi connectivity index (χ1v) is 40.7. The monoisotopic (exact) mass is 1570 g/mol. The summed E-state index contributed by atoms with van der Waals surface area (Å²) < 4.78 is 169. The largest absolute Gasteiger partial charge is 0.361 e. The minimum atomic E-state index is -3.59. The molecule has 1 amide bonds. The first kappa shape index (κ1) is 78.3. The van der Waals surface area contributed by atoms with E-state index in [0.717, 1.165) is 126 Å². The molecule has 2 fully saturated rings. The number of hydrogen-bond acceptors (Lipinski definition) is 9. The van der Waals surface area contributed by atoms with Crippen LogP contribution >= 0.6 is 23.2 Å². The Morgan fingerprint density at radius 1 is 0.448 bits per heavy atom. The molecule has 0 spiro atoms. The standard InChI is InChI=1S/C15H14ClFN2O.C15H20FN3O2S.C15H18FN3O2S.C14H14ClFN2O2S.C13H16FN3O2S/c1-9(20)19-4-2-10(3-5-19)12-8-18-15-7-14(17)13(16)6-11(12)15;2*1-18(2)22(20,21)19-7-5-11(6-8-19)14-10-17-15-9-12(16)3-4-13(14)15;1-21(19,20)18-4-2-9(3-5-18)11-8-17-14-7-13(16)12(15)6-10(11)14;14-10-1-2-11-12(8-16-13(11)7-10)9-3-5-17(6-4-9)20(15,18)19/h2,6-8,18H,3-5H2,1H3;3-4,9-11,17H,5-8H2,1-2H3;3-5,9-10,17H,6-8H2,1-2H3;2,6-8,17H,3-5H2,1H3;1-2,7-9,16H,3-6H2,(H2,15,18,19). The van der Waals surface area contributed by atoms with Crippen LogP contribution in [0.4, 0.5) is 22.0 Å². The molecule has 33 heteroatoms. The lowest BCUT2D eigenvalue weighted by molar-refractivity contribution is -0.128. The predicted octanol–water partition coefficient (Wildman–Crippen LogP) is 12.8. The van der Waals surface area contributed by atoms with E-state index >= 15 is 0 Å². The summed E-state index contributed by atoms with van der Waals surface area (Å²) in [5, 5.41) is 10.1. The van der Waals surface area contributed by atoms with Crippen LogP contribution in [0.25, 0.3) is 71.2 Å². The molecular formula is C72H82Cl2F5N13O9S4. The van der Waals surface area contributed by atoms with Gasteiger partial charge in [0.25, 0.3) is 30.6 Å². The Morgan fingerprint density at radius 3 is 1.17 bits per heavy atom. The van der Waals surface area contributed by atoms with Gasteiger partial charge in [0.2, 0.25) is 15.9 Å². The van der Waals surface area contributed by atoms with Crippen LogP contribution < -0.4 is 5.14 Å². The molecule has 5 aromatic carbocycles. The zero-order chi connectivity index (χ0) is 75.6. The molecule has 5 aliphatic rings. The molecule has 0 radical (unpaired) electrons. The number of aromatic amines is 5. The Morgan fingerprint density at radius 2 is 0.800 bits per heavy atom. The number of H-pyrrole nitrogens is 5. The van der Waals surface area contributed by atoms with Gasteiger partial charge in [0.1, 0.15) is 29.1 Å². The summed E-state index contributed by atoms with van der Waals surface area (Å²) in [6, 6.07) is 20.1. The van der Waals surface area contributed by atoms with Gasteiger partial charge in [-0.1, -0.05) is 41.4 Å². The first-order chi connectivity index (χ1) is 49.7. The van der Waals surface area contributed by atoms with E-state index in [2.05, 4.69) is 24.9 Å². The quantitative estimate of drug-likeness (QED) is 0.0671. The summed E-state index contributed by atoms with van der Waals surface area (Å²) in [7, 11) is -7.30. The van der Waals surface area contributed by atoms with Gasteiger partial charge in [-0.3, -0.25) is 4.79 Å².